The van der Waals surface area contributed by atoms with Gasteiger partial charge in [-0.2, -0.15) is 0 Å². The fourth-order valence-corrected chi connectivity index (χ4v) is 1.56. The summed E-state index contributed by atoms with van der Waals surface area (Å²) in [5.41, 5.74) is 0. The number of hydrogen-bond donors (Lipinski definition) is 1. The van der Waals surface area contributed by atoms with Crippen molar-refractivity contribution in [3.63, 3.8) is 0 Å². The molecule has 0 radical (unpaired) electrons. The first-order valence-corrected chi connectivity index (χ1v) is 3.32. The van der Waals surface area contributed by atoms with Gasteiger partial charge >= 0.3 is 0 Å². The van der Waals surface area contributed by atoms with Crippen molar-refractivity contribution < 1.29 is 4.79 Å². The van der Waals surface area contributed by atoms with Gasteiger partial charge in [-0.15, -0.1) is 0 Å². The van der Waals surface area contributed by atoms with Crippen molar-refractivity contribution in [2.45, 2.75) is 18.9 Å². The molecule has 1 saturated heterocycles. The van der Waals surface area contributed by atoms with E-state index in [0.29, 0.717) is 18.4 Å². The van der Waals surface area contributed by atoms with Crippen molar-refractivity contribution in [1.82, 2.24) is 5.32 Å². The van der Waals surface area contributed by atoms with Crippen LogP contribution in [0.3, 0.4) is 0 Å². The molecule has 2 aliphatic rings. The molecule has 1 aliphatic carbocycles. The second-order valence-electron chi connectivity index (χ2n) is 2.71. The predicted molar refractivity (Wildman–Crippen MR) is 33.8 cm³/mol. The Morgan fingerprint density at radius 3 is 3.33 bits per heavy atom. The van der Waals surface area contributed by atoms with Crippen LogP contribution in [0.2, 0.25) is 0 Å². The zero-order valence-corrected chi connectivity index (χ0v) is 5.13. The third-order valence-corrected chi connectivity index (χ3v) is 2.06. The van der Waals surface area contributed by atoms with E-state index in [0.717, 1.165) is 6.42 Å². The van der Waals surface area contributed by atoms with E-state index in [9.17, 15) is 4.79 Å². The predicted octanol–water partition coefficient (Wildman–Crippen LogP) is 0.451. The van der Waals surface area contributed by atoms with Crippen LogP contribution in [0.15, 0.2) is 12.2 Å². The zero-order valence-electron chi connectivity index (χ0n) is 5.13. The van der Waals surface area contributed by atoms with E-state index in [1.807, 2.05) is 0 Å². The lowest BCUT2D eigenvalue weighted by Gasteiger charge is -2.04. The van der Waals surface area contributed by atoms with Crippen molar-refractivity contribution in [3.8, 4) is 0 Å². The number of amides is 1. The zero-order chi connectivity index (χ0) is 6.27. The molecule has 2 atom stereocenters. The van der Waals surface area contributed by atoms with E-state index in [4.69, 9.17) is 0 Å². The van der Waals surface area contributed by atoms with Gasteiger partial charge in [0.25, 0.3) is 0 Å². The molecular weight excluding hydrogens is 114 g/mol. The van der Waals surface area contributed by atoms with Crippen LogP contribution in [0, 0.1) is 5.92 Å². The highest BCUT2D eigenvalue weighted by atomic mass is 16.2. The molecule has 1 N–H and O–H groups in total. The summed E-state index contributed by atoms with van der Waals surface area (Å²) in [7, 11) is 0. The minimum Gasteiger partial charge on any atom is -0.352 e. The minimum absolute atomic E-state index is 0.217. The van der Waals surface area contributed by atoms with Gasteiger partial charge < -0.3 is 5.32 Å². The highest BCUT2D eigenvalue weighted by molar-refractivity contribution is 5.79. The third-order valence-electron chi connectivity index (χ3n) is 2.06. The molecule has 1 aliphatic heterocycles. The quantitative estimate of drug-likeness (QED) is 0.465. The first-order valence-electron chi connectivity index (χ1n) is 3.32. The molecule has 0 aromatic rings. The summed E-state index contributed by atoms with van der Waals surface area (Å²) in [4.78, 5) is 10.7. The molecule has 0 aromatic heterocycles. The van der Waals surface area contributed by atoms with Crippen molar-refractivity contribution in [2.24, 2.45) is 5.92 Å². The average Bonchev–Trinajstić information content (AvgIpc) is 2.22. The van der Waals surface area contributed by atoms with Crippen molar-refractivity contribution in [3.05, 3.63) is 12.2 Å². The number of carbonyl (C=O) groups is 1. The summed E-state index contributed by atoms with van der Waals surface area (Å²) in [6.07, 6.45) is 6.04. The van der Waals surface area contributed by atoms with Gasteiger partial charge in [-0.05, 0) is 6.42 Å². The van der Waals surface area contributed by atoms with Crippen LogP contribution in [0.25, 0.3) is 0 Å². The molecule has 0 bridgehead atoms. The molecule has 0 spiro atoms. The summed E-state index contributed by atoms with van der Waals surface area (Å²) in [5.74, 6) is 0.729. The smallest absolute Gasteiger partial charge is 0.220 e. The molecule has 1 amide bonds. The van der Waals surface area contributed by atoms with Gasteiger partial charge in [0.1, 0.15) is 0 Å². The Kier molecular flexibility index (Phi) is 0.891. The third kappa shape index (κ3) is 0.661. The highest BCUT2D eigenvalue weighted by Crippen LogP contribution is 2.25. The van der Waals surface area contributed by atoms with Gasteiger partial charge in [0, 0.05) is 18.4 Å². The van der Waals surface area contributed by atoms with Crippen LogP contribution in [0.4, 0.5) is 0 Å². The maximum Gasteiger partial charge on any atom is 0.220 e. The van der Waals surface area contributed by atoms with Crippen LogP contribution in [-0.2, 0) is 4.79 Å². The fraction of sp³-hybridized carbons (Fsp3) is 0.571. The van der Waals surface area contributed by atoms with Crippen molar-refractivity contribution in [2.75, 3.05) is 0 Å². The maximum absolute atomic E-state index is 10.7. The van der Waals surface area contributed by atoms with Gasteiger partial charge in [-0.3, -0.25) is 4.79 Å². The molecule has 0 saturated carbocycles. The van der Waals surface area contributed by atoms with Gasteiger partial charge in [0.05, 0.1) is 0 Å². The van der Waals surface area contributed by atoms with E-state index < -0.39 is 0 Å². The molecule has 0 unspecified atom stereocenters. The van der Waals surface area contributed by atoms with Gasteiger partial charge in [0.2, 0.25) is 5.91 Å². The Bertz CT molecular complexity index is 174. The molecule has 9 heavy (non-hydrogen) atoms. The number of hydrogen-bond acceptors (Lipinski definition) is 1. The molecule has 2 rings (SSSR count). The Balaban J connectivity index is 2.17. The number of rotatable bonds is 0. The number of carbonyl (C=O) groups excluding carboxylic acids is 1. The van der Waals surface area contributed by atoms with Crippen molar-refractivity contribution >= 4 is 5.91 Å². The standard InChI is InChI=1S/C7H9NO/c9-7-4-5-2-1-3-6(5)8-7/h1-2,5-6H,3-4H2,(H,8,9)/t5-,6-/m0/s1. The monoisotopic (exact) mass is 123 g/mol. The minimum atomic E-state index is 0.217. The molecular formula is C7H9NO. The first kappa shape index (κ1) is 5.03. The Hall–Kier alpha value is -0.790. The van der Waals surface area contributed by atoms with Crippen LogP contribution in [-0.4, -0.2) is 11.9 Å². The van der Waals surface area contributed by atoms with Gasteiger partial charge in [-0.1, -0.05) is 12.2 Å². The maximum atomic E-state index is 10.7. The lowest BCUT2D eigenvalue weighted by molar-refractivity contribution is -0.119. The lowest BCUT2D eigenvalue weighted by Crippen LogP contribution is -2.25. The molecule has 2 nitrogen and oxygen atoms in total. The Morgan fingerprint density at radius 1 is 1.67 bits per heavy atom. The van der Waals surface area contributed by atoms with Crippen LogP contribution < -0.4 is 5.32 Å². The number of nitrogens with one attached hydrogen (secondary N) is 1. The largest absolute Gasteiger partial charge is 0.352 e. The first-order chi connectivity index (χ1) is 4.36. The summed E-state index contributed by atoms with van der Waals surface area (Å²) in [6.45, 7) is 0. The normalized spacial score (nSPS) is 38.9. The Labute approximate surface area is 53.9 Å². The molecule has 1 fully saturated rings. The summed E-state index contributed by atoms with van der Waals surface area (Å²) in [6, 6.07) is 0.442. The second-order valence-corrected chi connectivity index (χ2v) is 2.71. The topological polar surface area (TPSA) is 29.1 Å². The molecule has 48 valence electrons. The van der Waals surface area contributed by atoms with Crippen LogP contribution in [0.5, 0.6) is 0 Å². The summed E-state index contributed by atoms with van der Waals surface area (Å²) < 4.78 is 0. The van der Waals surface area contributed by atoms with Crippen LogP contribution >= 0.6 is 0 Å². The summed E-state index contributed by atoms with van der Waals surface area (Å²) in [5, 5.41) is 2.91. The van der Waals surface area contributed by atoms with Gasteiger partial charge in [0.15, 0.2) is 0 Å². The number of fused-ring (bicyclic) bond motifs is 1. The van der Waals surface area contributed by atoms with Crippen LogP contribution in [0.1, 0.15) is 12.8 Å². The summed E-state index contributed by atoms with van der Waals surface area (Å²) >= 11 is 0. The fourth-order valence-electron chi connectivity index (χ4n) is 1.56. The molecule has 1 heterocycles. The SMILES string of the molecule is O=C1C[C@@H]2C=CC[C@@H]2N1. The van der Waals surface area contributed by atoms with Crippen molar-refractivity contribution in [1.29, 1.82) is 0 Å². The van der Waals surface area contributed by atoms with E-state index in [1.54, 1.807) is 0 Å². The van der Waals surface area contributed by atoms with Gasteiger partial charge in [-0.25, -0.2) is 0 Å². The Morgan fingerprint density at radius 2 is 2.56 bits per heavy atom. The van der Waals surface area contributed by atoms with E-state index in [1.165, 1.54) is 0 Å². The molecule has 2 heteroatoms. The molecule has 0 aromatic carbocycles. The highest BCUT2D eigenvalue weighted by Gasteiger charge is 2.32. The lowest BCUT2D eigenvalue weighted by atomic mass is 10.1. The van der Waals surface area contributed by atoms with E-state index in [2.05, 4.69) is 17.5 Å². The van der Waals surface area contributed by atoms with E-state index in [-0.39, 0.29) is 5.91 Å². The second kappa shape index (κ2) is 1.59. The van der Waals surface area contributed by atoms with E-state index >= 15 is 0 Å². The average molecular weight is 123 g/mol.